The maximum atomic E-state index is 12.0. The predicted molar refractivity (Wildman–Crippen MR) is 86.2 cm³/mol. The van der Waals surface area contributed by atoms with Crippen molar-refractivity contribution in [3.8, 4) is 0 Å². The Morgan fingerprint density at radius 3 is 2.41 bits per heavy atom. The van der Waals surface area contributed by atoms with Crippen LogP contribution in [0.25, 0.3) is 6.08 Å². The molecule has 1 aromatic rings. The molecule has 3 N–H and O–H groups in total. The van der Waals surface area contributed by atoms with Crippen molar-refractivity contribution in [1.82, 2.24) is 5.32 Å². The molecule has 2 amide bonds. The van der Waals surface area contributed by atoms with Crippen LogP contribution in [0.4, 0.5) is 5.69 Å². The van der Waals surface area contributed by atoms with Crippen LogP contribution in [-0.4, -0.2) is 29.1 Å². The third-order valence-electron chi connectivity index (χ3n) is 3.91. The topological polar surface area (TPSA) is 78.4 Å². The van der Waals surface area contributed by atoms with Gasteiger partial charge in [0, 0.05) is 18.7 Å². The van der Waals surface area contributed by atoms with E-state index < -0.39 is 5.54 Å². The van der Waals surface area contributed by atoms with Gasteiger partial charge in [-0.05, 0) is 36.6 Å². The van der Waals surface area contributed by atoms with Crippen molar-refractivity contribution in [2.45, 2.75) is 38.1 Å². The number of aliphatic hydroxyl groups is 1. The molecule has 118 valence electrons. The van der Waals surface area contributed by atoms with E-state index in [4.69, 9.17) is 0 Å². The number of hydrogen-bond donors (Lipinski definition) is 3. The average molecular weight is 302 g/mol. The molecule has 0 radical (unpaired) electrons. The molecule has 0 saturated heterocycles. The van der Waals surface area contributed by atoms with Crippen LogP contribution in [0.15, 0.2) is 30.3 Å². The molecule has 1 aliphatic carbocycles. The Kier molecular flexibility index (Phi) is 5.33. The van der Waals surface area contributed by atoms with Gasteiger partial charge >= 0.3 is 0 Å². The van der Waals surface area contributed by atoms with Crippen molar-refractivity contribution in [1.29, 1.82) is 0 Å². The van der Waals surface area contributed by atoms with Gasteiger partial charge in [-0.1, -0.05) is 25.0 Å². The molecule has 5 heteroatoms. The van der Waals surface area contributed by atoms with E-state index in [9.17, 15) is 14.7 Å². The molecule has 2 rings (SSSR count). The summed E-state index contributed by atoms with van der Waals surface area (Å²) < 4.78 is 0. The lowest BCUT2D eigenvalue weighted by Gasteiger charge is -2.27. The van der Waals surface area contributed by atoms with Gasteiger partial charge in [0.2, 0.25) is 11.8 Å². The average Bonchev–Trinajstić information content (AvgIpc) is 2.95. The molecule has 1 saturated carbocycles. The highest BCUT2D eigenvalue weighted by molar-refractivity contribution is 5.92. The number of hydrogen-bond acceptors (Lipinski definition) is 3. The molecule has 0 aromatic heterocycles. The van der Waals surface area contributed by atoms with Crippen LogP contribution < -0.4 is 10.6 Å². The minimum absolute atomic E-state index is 0.0159. The summed E-state index contributed by atoms with van der Waals surface area (Å²) in [6.45, 7) is 1.44. The first-order valence-electron chi connectivity index (χ1n) is 7.52. The molecular weight excluding hydrogens is 280 g/mol. The molecular formula is C17H22N2O3. The fourth-order valence-electron chi connectivity index (χ4n) is 2.73. The molecule has 1 fully saturated rings. The van der Waals surface area contributed by atoms with Gasteiger partial charge < -0.3 is 15.7 Å². The Balaban J connectivity index is 1.93. The highest BCUT2D eigenvalue weighted by Gasteiger charge is 2.33. The second kappa shape index (κ2) is 7.22. The second-order valence-corrected chi connectivity index (χ2v) is 5.77. The minimum atomic E-state index is -0.448. The number of nitrogens with one attached hydrogen (secondary N) is 2. The van der Waals surface area contributed by atoms with Crippen molar-refractivity contribution in [2.24, 2.45) is 0 Å². The number of anilines is 1. The van der Waals surface area contributed by atoms with Gasteiger partial charge in [-0.15, -0.1) is 0 Å². The number of benzene rings is 1. The van der Waals surface area contributed by atoms with Crippen molar-refractivity contribution < 1.29 is 14.7 Å². The molecule has 0 bridgehead atoms. The number of carbonyl (C=O) groups excluding carboxylic acids is 2. The molecule has 0 heterocycles. The van der Waals surface area contributed by atoms with Gasteiger partial charge in [-0.3, -0.25) is 9.59 Å². The lowest BCUT2D eigenvalue weighted by Crippen LogP contribution is -2.48. The van der Waals surface area contributed by atoms with E-state index in [0.717, 1.165) is 36.9 Å². The Morgan fingerprint density at radius 2 is 1.86 bits per heavy atom. The summed E-state index contributed by atoms with van der Waals surface area (Å²) in [6.07, 6.45) is 6.92. The fourth-order valence-corrected chi connectivity index (χ4v) is 2.73. The summed E-state index contributed by atoms with van der Waals surface area (Å²) in [4.78, 5) is 22.9. The number of amides is 2. The Hall–Kier alpha value is -2.14. The normalized spacial score (nSPS) is 16.6. The molecule has 1 aliphatic rings. The maximum absolute atomic E-state index is 12.0. The molecule has 0 unspecified atom stereocenters. The van der Waals surface area contributed by atoms with Crippen LogP contribution in [-0.2, 0) is 9.59 Å². The van der Waals surface area contributed by atoms with Crippen molar-refractivity contribution >= 4 is 23.6 Å². The largest absolute Gasteiger partial charge is 0.394 e. The smallest absolute Gasteiger partial charge is 0.244 e. The zero-order valence-electron chi connectivity index (χ0n) is 12.8. The van der Waals surface area contributed by atoms with Crippen LogP contribution >= 0.6 is 0 Å². The van der Waals surface area contributed by atoms with E-state index >= 15 is 0 Å². The third-order valence-corrected chi connectivity index (χ3v) is 3.91. The zero-order valence-corrected chi connectivity index (χ0v) is 12.8. The number of carbonyl (C=O) groups is 2. The predicted octanol–water partition coefficient (Wildman–Crippen LogP) is 2.08. The van der Waals surface area contributed by atoms with Gasteiger partial charge in [0.05, 0.1) is 12.1 Å². The standard InChI is InChI=1S/C17H22N2O3/c1-13(21)18-15-7-4-14(5-8-15)6-9-16(22)19-17(12-20)10-2-3-11-17/h4-9,20H,2-3,10-12H2,1H3,(H,18,21)(H,19,22)/b9-6+. The van der Waals surface area contributed by atoms with E-state index in [2.05, 4.69) is 10.6 Å². The number of rotatable bonds is 5. The highest BCUT2D eigenvalue weighted by atomic mass is 16.3. The van der Waals surface area contributed by atoms with E-state index in [1.165, 1.54) is 13.0 Å². The molecule has 5 nitrogen and oxygen atoms in total. The highest BCUT2D eigenvalue weighted by Crippen LogP contribution is 2.29. The van der Waals surface area contributed by atoms with Gasteiger partial charge in [0.25, 0.3) is 0 Å². The summed E-state index contributed by atoms with van der Waals surface area (Å²) in [5.74, 6) is -0.310. The molecule has 22 heavy (non-hydrogen) atoms. The summed E-state index contributed by atoms with van der Waals surface area (Å²) in [6, 6.07) is 7.22. The molecule has 0 spiro atoms. The van der Waals surface area contributed by atoms with Gasteiger partial charge in [-0.2, -0.15) is 0 Å². The summed E-state index contributed by atoms with van der Waals surface area (Å²) in [5, 5.41) is 15.1. The van der Waals surface area contributed by atoms with Crippen LogP contribution in [0.2, 0.25) is 0 Å². The van der Waals surface area contributed by atoms with E-state index in [1.807, 2.05) is 12.1 Å². The first-order chi connectivity index (χ1) is 10.5. The van der Waals surface area contributed by atoms with Crippen LogP contribution in [0.3, 0.4) is 0 Å². The van der Waals surface area contributed by atoms with Gasteiger partial charge in [0.15, 0.2) is 0 Å². The Morgan fingerprint density at radius 1 is 1.23 bits per heavy atom. The van der Waals surface area contributed by atoms with Crippen molar-refractivity contribution in [2.75, 3.05) is 11.9 Å². The van der Waals surface area contributed by atoms with Gasteiger partial charge in [0.1, 0.15) is 0 Å². The maximum Gasteiger partial charge on any atom is 0.244 e. The first-order valence-corrected chi connectivity index (χ1v) is 7.52. The van der Waals surface area contributed by atoms with Gasteiger partial charge in [-0.25, -0.2) is 0 Å². The third kappa shape index (κ3) is 4.43. The second-order valence-electron chi connectivity index (χ2n) is 5.77. The summed E-state index contributed by atoms with van der Waals surface area (Å²) in [7, 11) is 0. The molecule has 0 aliphatic heterocycles. The Bertz CT molecular complexity index is 558. The first kappa shape index (κ1) is 16.2. The molecule has 1 aromatic carbocycles. The van der Waals surface area contributed by atoms with E-state index in [0.29, 0.717) is 0 Å². The monoisotopic (exact) mass is 302 g/mol. The van der Waals surface area contributed by atoms with E-state index in [1.54, 1.807) is 18.2 Å². The minimum Gasteiger partial charge on any atom is -0.394 e. The quantitative estimate of drug-likeness (QED) is 0.729. The van der Waals surface area contributed by atoms with Crippen LogP contribution in [0, 0.1) is 0 Å². The SMILES string of the molecule is CC(=O)Nc1ccc(/C=C/C(=O)NC2(CO)CCCC2)cc1. The van der Waals surface area contributed by atoms with Crippen molar-refractivity contribution in [3.63, 3.8) is 0 Å². The molecule has 0 atom stereocenters. The lowest BCUT2D eigenvalue weighted by molar-refractivity contribution is -0.119. The lowest BCUT2D eigenvalue weighted by atomic mass is 9.99. The van der Waals surface area contributed by atoms with Crippen LogP contribution in [0.5, 0.6) is 0 Å². The fraction of sp³-hybridized carbons (Fsp3) is 0.412. The van der Waals surface area contributed by atoms with E-state index in [-0.39, 0.29) is 18.4 Å². The zero-order chi connectivity index (χ0) is 16.0. The Labute approximate surface area is 130 Å². The summed E-state index contributed by atoms with van der Waals surface area (Å²) >= 11 is 0. The van der Waals surface area contributed by atoms with Crippen molar-refractivity contribution in [3.05, 3.63) is 35.9 Å². The van der Waals surface area contributed by atoms with Crippen LogP contribution in [0.1, 0.15) is 38.2 Å². The number of aliphatic hydroxyl groups excluding tert-OH is 1. The summed E-state index contributed by atoms with van der Waals surface area (Å²) in [5.41, 5.74) is 1.14.